The molecule has 5 heteroatoms. The van der Waals surface area contributed by atoms with Crippen molar-refractivity contribution < 1.29 is 14.7 Å². The first kappa shape index (κ1) is 17.8. The number of nitrogens with zero attached hydrogens (tertiary/aromatic N) is 1. The Balaban J connectivity index is 1.56. The third-order valence-electron chi connectivity index (χ3n) is 5.81. The van der Waals surface area contributed by atoms with Crippen molar-refractivity contribution in [3.05, 3.63) is 35.4 Å². The van der Waals surface area contributed by atoms with Crippen molar-refractivity contribution in [2.45, 2.75) is 44.9 Å². The Kier molecular flexibility index (Phi) is 5.30. The SMILES string of the molecule is CC(C)[C@@H]1C[C@@H](CNC(=O)N2CCC(C(=O)O)CC2)c2ccccc21. The third-order valence-corrected chi connectivity index (χ3v) is 5.81. The third kappa shape index (κ3) is 3.80. The van der Waals surface area contributed by atoms with E-state index in [1.165, 1.54) is 11.1 Å². The fourth-order valence-corrected chi connectivity index (χ4v) is 4.26. The molecule has 2 aliphatic rings. The molecule has 1 aromatic carbocycles. The van der Waals surface area contributed by atoms with Gasteiger partial charge in [0.15, 0.2) is 0 Å². The lowest BCUT2D eigenvalue weighted by Gasteiger charge is -2.30. The van der Waals surface area contributed by atoms with Crippen LogP contribution in [0.4, 0.5) is 4.79 Å². The zero-order valence-corrected chi connectivity index (χ0v) is 15.1. The Bertz CT molecular complexity index is 636. The van der Waals surface area contributed by atoms with Crippen LogP contribution in [-0.4, -0.2) is 41.6 Å². The van der Waals surface area contributed by atoms with Gasteiger partial charge in [-0.05, 0) is 42.2 Å². The maximum Gasteiger partial charge on any atom is 0.317 e. The molecule has 0 unspecified atom stereocenters. The number of carboxylic acids is 1. The summed E-state index contributed by atoms with van der Waals surface area (Å²) in [5.74, 6) is 0.463. The van der Waals surface area contributed by atoms with Gasteiger partial charge in [0, 0.05) is 25.6 Å². The highest BCUT2D eigenvalue weighted by Crippen LogP contribution is 2.44. The molecule has 0 radical (unpaired) electrons. The number of amides is 2. The molecule has 1 heterocycles. The van der Waals surface area contributed by atoms with Crippen molar-refractivity contribution >= 4 is 12.0 Å². The fourth-order valence-electron chi connectivity index (χ4n) is 4.26. The summed E-state index contributed by atoms with van der Waals surface area (Å²) >= 11 is 0. The minimum atomic E-state index is -0.748. The van der Waals surface area contributed by atoms with Gasteiger partial charge >= 0.3 is 12.0 Å². The number of carbonyl (C=O) groups is 2. The van der Waals surface area contributed by atoms with Crippen molar-refractivity contribution in [1.29, 1.82) is 0 Å². The second-order valence-electron chi connectivity index (χ2n) is 7.70. The van der Waals surface area contributed by atoms with Crippen LogP contribution in [0.3, 0.4) is 0 Å². The summed E-state index contributed by atoms with van der Waals surface area (Å²) in [5.41, 5.74) is 2.80. The van der Waals surface area contributed by atoms with Gasteiger partial charge in [-0.1, -0.05) is 38.1 Å². The molecule has 1 aromatic rings. The number of urea groups is 1. The second-order valence-corrected chi connectivity index (χ2v) is 7.70. The van der Waals surface area contributed by atoms with Gasteiger partial charge in [-0.25, -0.2) is 4.79 Å². The average Bonchev–Trinajstić information content (AvgIpc) is 2.99. The van der Waals surface area contributed by atoms with E-state index in [2.05, 4.69) is 43.4 Å². The standard InChI is InChI=1S/C20H28N2O3/c1-13(2)18-11-15(16-5-3-4-6-17(16)18)12-21-20(25)22-9-7-14(8-10-22)19(23)24/h3-6,13-15,18H,7-12H2,1-2H3,(H,21,25)(H,23,24)/t15-,18-/m0/s1. The van der Waals surface area contributed by atoms with Crippen LogP contribution in [0, 0.1) is 11.8 Å². The molecule has 136 valence electrons. The Morgan fingerprint density at radius 3 is 2.44 bits per heavy atom. The number of benzene rings is 1. The van der Waals surface area contributed by atoms with Gasteiger partial charge in [0.1, 0.15) is 0 Å². The Morgan fingerprint density at radius 1 is 1.20 bits per heavy atom. The van der Waals surface area contributed by atoms with Crippen LogP contribution in [0.15, 0.2) is 24.3 Å². The molecule has 0 bridgehead atoms. The number of carbonyl (C=O) groups excluding carboxylic acids is 1. The van der Waals surface area contributed by atoms with Crippen LogP contribution in [0.5, 0.6) is 0 Å². The van der Waals surface area contributed by atoms with Crippen molar-refractivity contribution in [1.82, 2.24) is 10.2 Å². The minimum absolute atomic E-state index is 0.0608. The van der Waals surface area contributed by atoms with Gasteiger partial charge in [0.25, 0.3) is 0 Å². The smallest absolute Gasteiger partial charge is 0.317 e. The summed E-state index contributed by atoms with van der Waals surface area (Å²) in [4.78, 5) is 25.2. The number of piperidine rings is 1. The van der Waals surface area contributed by atoms with E-state index >= 15 is 0 Å². The van der Waals surface area contributed by atoms with Gasteiger partial charge in [-0.2, -0.15) is 0 Å². The van der Waals surface area contributed by atoms with Crippen molar-refractivity contribution in [3.63, 3.8) is 0 Å². The minimum Gasteiger partial charge on any atom is -0.481 e. The summed E-state index contributed by atoms with van der Waals surface area (Å²) in [6.45, 7) is 6.22. The van der Waals surface area contributed by atoms with Gasteiger partial charge in [-0.15, -0.1) is 0 Å². The Hall–Kier alpha value is -2.04. The van der Waals surface area contributed by atoms with E-state index < -0.39 is 5.97 Å². The first-order chi connectivity index (χ1) is 12.0. The Morgan fingerprint density at radius 2 is 1.84 bits per heavy atom. The maximum absolute atomic E-state index is 12.4. The van der Waals surface area contributed by atoms with Crippen LogP contribution in [-0.2, 0) is 4.79 Å². The highest BCUT2D eigenvalue weighted by atomic mass is 16.4. The van der Waals surface area contributed by atoms with Crippen molar-refractivity contribution in [2.75, 3.05) is 19.6 Å². The highest BCUT2D eigenvalue weighted by Gasteiger charge is 2.33. The summed E-state index contributed by atoms with van der Waals surface area (Å²) in [7, 11) is 0. The summed E-state index contributed by atoms with van der Waals surface area (Å²) in [6, 6.07) is 8.52. The molecule has 1 saturated heterocycles. The van der Waals surface area contributed by atoms with Gasteiger partial charge in [0.05, 0.1) is 5.92 Å². The number of nitrogens with one attached hydrogen (secondary N) is 1. The normalized spacial score (nSPS) is 23.6. The molecule has 5 nitrogen and oxygen atoms in total. The highest BCUT2D eigenvalue weighted by molar-refractivity contribution is 5.75. The van der Waals surface area contributed by atoms with Gasteiger partial charge < -0.3 is 15.3 Å². The lowest BCUT2D eigenvalue weighted by atomic mass is 9.90. The molecule has 1 aliphatic heterocycles. The van der Waals surface area contributed by atoms with E-state index in [1.807, 2.05) is 0 Å². The fraction of sp³-hybridized carbons (Fsp3) is 0.600. The van der Waals surface area contributed by atoms with E-state index in [4.69, 9.17) is 5.11 Å². The molecule has 3 rings (SSSR count). The molecular formula is C20H28N2O3. The van der Waals surface area contributed by atoms with Crippen LogP contribution in [0.2, 0.25) is 0 Å². The van der Waals surface area contributed by atoms with E-state index in [9.17, 15) is 9.59 Å². The van der Waals surface area contributed by atoms with Crippen LogP contribution in [0.25, 0.3) is 0 Å². The first-order valence-electron chi connectivity index (χ1n) is 9.31. The van der Waals surface area contributed by atoms with E-state index in [1.54, 1.807) is 4.90 Å². The molecule has 2 atom stereocenters. The zero-order chi connectivity index (χ0) is 18.0. The number of hydrogen-bond acceptors (Lipinski definition) is 2. The molecule has 1 fully saturated rings. The van der Waals surface area contributed by atoms with Crippen LogP contribution < -0.4 is 5.32 Å². The number of carboxylic acid groups (broad SMARTS) is 1. The number of likely N-dealkylation sites (tertiary alicyclic amines) is 1. The number of fused-ring (bicyclic) bond motifs is 1. The lowest BCUT2D eigenvalue weighted by Crippen LogP contribution is -2.46. The lowest BCUT2D eigenvalue weighted by molar-refractivity contribution is -0.143. The first-order valence-corrected chi connectivity index (χ1v) is 9.31. The molecule has 0 saturated carbocycles. The van der Waals surface area contributed by atoms with Gasteiger partial charge in [-0.3, -0.25) is 4.79 Å². The predicted molar refractivity (Wildman–Crippen MR) is 96.7 cm³/mol. The largest absolute Gasteiger partial charge is 0.481 e. The Labute approximate surface area is 149 Å². The molecule has 25 heavy (non-hydrogen) atoms. The van der Waals surface area contributed by atoms with Crippen LogP contribution >= 0.6 is 0 Å². The number of hydrogen-bond donors (Lipinski definition) is 2. The maximum atomic E-state index is 12.4. The summed E-state index contributed by atoms with van der Waals surface area (Å²) < 4.78 is 0. The zero-order valence-electron chi connectivity index (χ0n) is 15.1. The van der Waals surface area contributed by atoms with Crippen LogP contribution in [0.1, 0.15) is 56.1 Å². The van der Waals surface area contributed by atoms with E-state index in [0.29, 0.717) is 50.2 Å². The van der Waals surface area contributed by atoms with E-state index in [-0.39, 0.29) is 11.9 Å². The quantitative estimate of drug-likeness (QED) is 0.879. The molecule has 1 aliphatic carbocycles. The molecule has 2 amide bonds. The molecule has 0 aromatic heterocycles. The average molecular weight is 344 g/mol. The van der Waals surface area contributed by atoms with Gasteiger partial charge in [0.2, 0.25) is 0 Å². The number of rotatable bonds is 4. The topological polar surface area (TPSA) is 69.6 Å². The van der Waals surface area contributed by atoms with E-state index in [0.717, 1.165) is 6.42 Å². The molecular weight excluding hydrogens is 316 g/mol. The second kappa shape index (κ2) is 7.46. The monoisotopic (exact) mass is 344 g/mol. The molecule has 2 N–H and O–H groups in total. The van der Waals surface area contributed by atoms with Crippen molar-refractivity contribution in [3.8, 4) is 0 Å². The predicted octanol–water partition coefficient (Wildman–Crippen LogP) is 3.42. The summed E-state index contributed by atoms with van der Waals surface area (Å²) in [5, 5.41) is 12.1. The van der Waals surface area contributed by atoms with Crippen molar-refractivity contribution in [2.24, 2.45) is 11.8 Å². The number of aliphatic carboxylic acids is 1. The summed E-state index contributed by atoms with van der Waals surface area (Å²) in [6.07, 6.45) is 2.17. The molecule has 0 spiro atoms.